The van der Waals surface area contributed by atoms with E-state index in [-0.39, 0.29) is 0 Å². The van der Waals surface area contributed by atoms with E-state index in [0.717, 1.165) is 16.5 Å². The van der Waals surface area contributed by atoms with Gasteiger partial charge >= 0.3 is 0 Å². The molecule has 0 saturated heterocycles. The molecule has 1 N–H and O–H groups in total. The van der Waals surface area contributed by atoms with Crippen LogP contribution in [0.2, 0.25) is 5.02 Å². The number of benzene rings is 1. The average molecular weight is 191 g/mol. The SMILES string of the molecule is N#CCc1cc(Cl)cc2cc[nH]c12. The number of nitrogens with zero attached hydrogens (tertiary/aromatic N) is 1. The van der Waals surface area contributed by atoms with E-state index in [2.05, 4.69) is 11.1 Å². The molecule has 0 aliphatic carbocycles. The molecule has 0 bridgehead atoms. The number of hydrogen-bond donors (Lipinski definition) is 1. The number of fused-ring (bicyclic) bond motifs is 1. The Balaban J connectivity index is 2.71. The third-order valence-electron chi connectivity index (χ3n) is 1.98. The van der Waals surface area contributed by atoms with Gasteiger partial charge in [-0.05, 0) is 23.8 Å². The van der Waals surface area contributed by atoms with Crippen LogP contribution in [0.25, 0.3) is 10.9 Å². The summed E-state index contributed by atoms with van der Waals surface area (Å²) in [4.78, 5) is 3.09. The standard InChI is InChI=1S/C10H7ClN2/c11-9-5-7(1-3-12)10-8(6-9)2-4-13-10/h2,4-6,13H,1H2. The predicted molar refractivity (Wildman–Crippen MR) is 52.6 cm³/mol. The minimum atomic E-state index is 0.386. The largest absolute Gasteiger partial charge is 0.361 e. The van der Waals surface area contributed by atoms with Crippen molar-refractivity contribution < 1.29 is 0 Å². The van der Waals surface area contributed by atoms with Gasteiger partial charge in [0.05, 0.1) is 12.5 Å². The Bertz CT molecular complexity index is 479. The summed E-state index contributed by atoms with van der Waals surface area (Å²) in [6.07, 6.45) is 2.24. The van der Waals surface area contributed by atoms with Gasteiger partial charge in [0.2, 0.25) is 0 Å². The second kappa shape index (κ2) is 3.12. The molecule has 3 heteroatoms. The molecular weight excluding hydrogens is 184 g/mol. The highest BCUT2D eigenvalue weighted by atomic mass is 35.5. The zero-order valence-corrected chi connectivity index (χ0v) is 7.60. The summed E-state index contributed by atoms with van der Waals surface area (Å²) >= 11 is 5.89. The molecule has 64 valence electrons. The molecule has 2 aromatic rings. The normalized spacial score (nSPS) is 10.2. The molecule has 0 atom stereocenters. The highest BCUT2D eigenvalue weighted by Crippen LogP contribution is 2.22. The number of H-pyrrole nitrogens is 1. The lowest BCUT2D eigenvalue weighted by Crippen LogP contribution is -1.83. The van der Waals surface area contributed by atoms with Gasteiger partial charge in [0.1, 0.15) is 0 Å². The van der Waals surface area contributed by atoms with Gasteiger partial charge in [-0.1, -0.05) is 11.6 Å². The summed E-state index contributed by atoms with van der Waals surface area (Å²) in [5, 5.41) is 10.3. The lowest BCUT2D eigenvalue weighted by Gasteiger charge is -1.98. The van der Waals surface area contributed by atoms with Crippen LogP contribution in [0, 0.1) is 11.3 Å². The fraction of sp³-hybridized carbons (Fsp3) is 0.100. The van der Waals surface area contributed by atoms with Crippen LogP contribution < -0.4 is 0 Å². The highest BCUT2D eigenvalue weighted by Gasteiger charge is 2.03. The smallest absolute Gasteiger partial charge is 0.0670 e. The molecule has 2 nitrogen and oxygen atoms in total. The highest BCUT2D eigenvalue weighted by molar-refractivity contribution is 6.31. The van der Waals surface area contributed by atoms with Crippen molar-refractivity contribution >= 4 is 22.5 Å². The molecule has 0 radical (unpaired) electrons. The van der Waals surface area contributed by atoms with Crippen LogP contribution in [0.3, 0.4) is 0 Å². The first kappa shape index (κ1) is 8.15. The molecule has 1 aromatic heterocycles. The monoisotopic (exact) mass is 190 g/mol. The summed E-state index contributed by atoms with van der Waals surface area (Å²) in [5.41, 5.74) is 1.96. The van der Waals surface area contributed by atoms with Crippen molar-refractivity contribution in [3.8, 4) is 6.07 Å². The lowest BCUT2D eigenvalue weighted by molar-refractivity contribution is 1.27. The van der Waals surface area contributed by atoms with Gasteiger partial charge < -0.3 is 4.98 Å². The molecule has 0 aliphatic heterocycles. The van der Waals surface area contributed by atoms with Gasteiger partial charge in [-0.3, -0.25) is 0 Å². The van der Waals surface area contributed by atoms with Crippen LogP contribution in [-0.4, -0.2) is 4.98 Å². The van der Waals surface area contributed by atoms with Crippen LogP contribution in [0.4, 0.5) is 0 Å². The van der Waals surface area contributed by atoms with Crippen molar-refractivity contribution in [1.82, 2.24) is 4.98 Å². The topological polar surface area (TPSA) is 39.6 Å². The number of hydrogen-bond acceptors (Lipinski definition) is 1. The van der Waals surface area contributed by atoms with E-state index in [4.69, 9.17) is 16.9 Å². The van der Waals surface area contributed by atoms with Crippen molar-refractivity contribution in [3.05, 3.63) is 35.0 Å². The number of halogens is 1. The maximum Gasteiger partial charge on any atom is 0.0670 e. The molecule has 1 aromatic carbocycles. The zero-order chi connectivity index (χ0) is 9.26. The van der Waals surface area contributed by atoms with Crippen LogP contribution in [0.5, 0.6) is 0 Å². The molecule has 2 rings (SSSR count). The molecule has 0 unspecified atom stereocenters. The van der Waals surface area contributed by atoms with E-state index in [1.54, 1.807) is 0 Å². The Morgan fingerprint density at radius 2 is 2.31 bits per heavy atom. The van der Waals surface area contributed by atoms with Crippen molar-refractivity contribution in [1.29, 1.82) is 5.26 Å². The summed E-state index contributed by atoms with van der Waals surface area (Å²) in [5.74, 6) is 0. The molecule has 13 heavy (non-hydrogen) atoms. The van der Waals surface area contributed by atoms with E-state index in [0.29, 0.717) is 11.4 Å². The van der Waals surface area contributed by atoms with Gasteiger partial charge in [0.15, 0.2) is 0 Å². The first-order valence-corrected chi connectivity index (χ1v) is 4.31. The van der Waals surface area contributed by atoms with Crippen molar-refractivity contribution in [2.75, 3.05) is 0 Å². The van der Waals surface area contributed by atoms with E-state index in [1.807, 2.05) is 24.4 Å². The molecule has 0 spiro atoms. The van der Waals surface area contributed by atoms with Gasteiger partial charge in [-0.15, -0.1) is 0 Å². The summed E-state index contributed by atoms with van der Waals surface area (Å²) < 4.78 is 0. The Morgan fingerprint density at radius 1 is 1.46 bits per heavy atom. The average Bonchev–Trinajstić information content (AvgIpc) is 2.52. The Hall–Kier alpha value is -1.46. The van der Waals surface area contributed by atoms with Gasteiger partial charge in [-0.25, -0.2) is 0 Å². The third-order valence-corrected chi connectivity index (χ3v) is 2.19. The third kappa shape index (κ3) is 1.39. The Morgan fingerprint density at radius 3 is 3.08 bits per heavy atom. The lowest BCUT2D eigenvalue weighted by atomic mass is 10.1. The van der Waals surface area contributed by atoms with Crippen LogP contribution in [0.15, 0.2) is 24.4 Å². The number of aromatic nitrogens is 1. The summed E-state index contributed by atoms with van der Waals surface area (Å²) in [6.45, 7) is 0. The fourth-order valence-corrected chi connectivity index (χ4v) is 1.68. The van der Waals surface area contributed by atoms with Gasteiger partial charge in [0.25, 0.3) is 0 Å². The molecule has 0 aliphatic rings. The first-order chi connectivity index (χ1) is 6.31. The fourth-order valence-electron chi connectivity index (χ4n) is 1.43. The van der Waals surface area contributed by atoms with Crippen molar-refractivity contribution in [2.45, 2.75) is 6.42 Å². The predicted octanol–water partition coefficient (Wildman–Crippen LogP) is 2.89. The molecular formula is C10H7ClN2. The van der Waals surface area contributed by atoms with Crippen LogP contribution >= 0.6 is 11.6 Å². The number of aromatic amines is 1. The number of nitriles is 1. The number of nitrogens with one attached hydrogen (secondary N) is 1. The number of rotatable bonds is 1. The van der Waals surface area contributed by atoms with E-state index in [1.165, 1.54) is 0 Å². The first-order valence-electron chi connectivity index (χ1n) is 3.94. The van der Waals surface area contributed by atoms with E-state index in [9.17, 15) is 0 Å². The minimum absolute atomic E-state index is 0.386. The second-order valence-corrected chi connectivity index (χ2v) is 3.28. The second-order valence-electron chi connectivity index (χ2n) is 2.84. The Labute approximate surface area is 80.7 Å². The maximum absolute atomic E-state index is 8.60. The van der Waals surface area contributed by atoms with E-state index >= 15 is 0 Å². The molecule has 0 amide bonds. The van der Waals surface area contributed by atoms with Gasteiger partial charge in [-0.2, -0.15) is 5.26 Å². The summed E-state index contributed by atoms with van der Waals surface area (Å²) in [7, 11) is 0. The minimum Gasteiger partial charge on any atom is -0.361 e. The molecule has 0 saturated carbocycles. The summed E-state index contributed by atoms with van der Waals surface area (Å²) in [6, 6.07) is 7.77. The van der Waals surface area contributed by atoms with Crippen LogP contribution in [0.1, 0.15) is 5.56 Å². The van der Waals surface area contributed by atoms with Crippen molar-refractivity contribution in [2.24, 2.45) is 0 Å². The van der Waals surface area contributed by atoms with Crippen LogP contribution in [-0.2, 0) is 6.42 Å². The van der Waals surface area contributed by atoms with Crippen molar-refractivity contribution in [3.63, 3.8) is 0 Å². The molecule has 1 heterocycles. The molecule has 0 fully saturated rings. The maximum atomic E-state index is 8.60. The van der Waals surface area contributed by atoms with E-state index < -0.39 is 0 Å². The van der Waals surface area contributed by atoms with Gasteiger partial charge in [0, 0.05) is 22.1 Å². The Kier molecular flexibility index (Phi) is 1.96. The zero-order valence-electron chi connectivity index (χ0n) is 6.84. The quantitative estimate of drug-likeness (QED) is 0.738.